The van der Waals surface area contributed by atoms with Crippen LogP contribution in [0.3, 0.4) is 0 Å². The molecule has 7 heteroatoms. The van der Waals surface area contributed by atoms with Crippen molar-refractivity contribution in [3.8, 4) is 0 Å². The Balaban J connectivity index is 2.80. The molecule has 1 aliphatic heterocycles. The number of cyclic esters (lactones) is 1. The van der Waals surface area contributed by atoms with Crippen LogP contribution in [0.4, 0.5) is 0 Å². The van der Waals surface area contributed by atoms with Gasteiger partial charge in [0.15, 0.2) is 6.10 Å². The molecule has 1 N–H and O–H groups in total. The number of aliphatic hydroxyl groups excluding tert-OH is 1. The number of esters is 1. The van der Waals surface area contributed by atoms with E-state index in [2.05, 4.69) is 8.92 Å². The van der Waals surface area contributed by atoms with Crippen LogP contribution >= 0.6 is 0 Å². The minimum Gasteiger partial charge on any atom is -0.449 e. The van der Waals surface area contributed by atoms with Crippen LogP contribution in [0.2, 0.25) is 0 Å². The van der Waals surface area contributed by atoms with E-state index in [0.29, 0.717) is 0 Å². The minimum absolute atomic E-state index is 0.404. The van der Waals surface area contributed by atoms with Crippen molar-refractivity contribution in [2.24, 2.45) is 0 Å². The number of carbonyl (C=O) groups is 1. The second-order valence-corrected chi connectivity index (χ2v) is 4.50. The largest absolute Gasteiger partial charge is 0.449 e. The lowest BCUT2D eigenvalue weighted by atomic mass is 10.2. The molecule has 0 aromatic rings. The summed E-state index contributed by atoms with van der Waals surface area (Å²) in [4.78, 5) is 11.0. The van der Waals surface area contributed by atoms with Crippen LogP contribution in [-0.4, -0.2) is 38.0 Å². The van der Waals surface area contributed by atoms with E-state index in [1.807, 2.05) is 0 Å². The molecular formula is C7H10O6S. The van der Waals surface area contributed by atoms with Crippen molar-refractivity contribution in [3.63, 3.8) is 0 Å². The van der Waals surface area contributed by atoms with E-state index in [1.54, 1.807) is 0 Å². The Hall–Kier alpha value is -1.08. The smallest absolute Gasteiger partial charge is 0.375 e. The van der Waals surface area contributed by atoms with Crippen molar-refractivity contribution in [1.82, 2.24) is 0 Å². The molecule has 6 nitrogen and oxygen atoms in total. The van der Waals surface area contributed by atoms with Gasteiger partial charge in [-0.3, -0.25) is 0 Å². The predicted molar refractivity (Wildman–Crippen MR) is 45.6 cm³/mol. The number of hydrogen-bond acceptors (Lipinski definition) is 6. The summed E-state index contributed by atoms with van der Waals surface area (Å²) < 4.78 is 30.3. The Morgan fingerprint density at radius 3 is 2.57 bits per heavy atom. The van der Waals surface area contributed by atoms with E-state index in [-0.39, 0.29) is 0 Å². The van der Waals surface area contributed by atoms with E-state index >= 15 is 0 Å². The number of ether oxygens (including phenoxy) is 1. The summed E-state index contributed by atoms with van der Waals surface area (Å²) in [7, 11) is -3.74. The Bertz CT molecular complexity index is 366. The third kappa shape index (κ3) is 2.71. The lowest BCUT2D eigenvalue weighted by molar-refractivity contribution is -0.145. The van der Waals surface area contributed by atoms with Crippen molar-refractivity contribution in [2.45, 2.75) is 19.1 Å². The maximum atomic E-state index is 11.0. The summed E-state index contributed by atoms with van der Waals surface area (Å²) in [6.07, 6.45) is 0.198. The lowest BCUT2D eigenvalue weighted by Gasteiger charge is -2.09. The molecule has 14 heavy (non-hydrogen) atoms. The van der Waals surface area contributed by atoms with Crippen LogP contribution in [-0.2, 0) is 23.8 Å². The molecule has 1 aliphatic rings. The molecule has 0 spiro atoms. The topological polar surface area (TPSA) is 89.9 Å². The van der Waals surface area contributed by atoms with Gasteiger partial charge in [0.1, 0.15) is 0 Å². The van der Waals surface area contributed by atoms with Gasteiger partial charge in [-0.25, -0.2) is 4.79 Å². The van der Waals surface area contributed by atoms with Gasteiger partial charge in [0.25, 0.3) is 0 Å². The molecule has 80 valence electrons. The zero-order chi connectivity index (χ0) is 10.9. The Morgan fingerprint density at radius 1 is 1.64 bits per heavy atom. The van der Waals surface area contributed by atoms with Gasteiger partial charge in [0.2, 0.25) is 5.76 Å². The summed E-state index contributed by atoms with van der Waals surface area (Å²) in [5, 5.41) is 9.06. The van der Waals surface area contributed by atoms with Gasteiger partial charge in [-0.05, 0) is 6.92 Å². The first kappa shape index (κ1) is 11.0. The van der Waals surface area contributed by atoms with E-state index in [0.717, 1.165) is 12.3 Å². The number of hydrogen-bond donors (Lipinski definition) is 1. The number of carbonyl (C=O) groups excluding carboxylic acids is 1. The fourth-order valence-electron chi connectivity index (χ4n) is 0.896. The molecule has 0 fully saturated rings. The van der Waals surface area contributed by atoms with Gasteiger partial charge in [-0.2, -0.15) is 8.42 Å². The molecule has 0 aromatic heterocycles. The molecule has 0 unspecified atom stereocenters. The lowest BCUT2D eigenvalue weighted by Crippen LogP contribution is -2.21. The predicted octanol–water partition coefficient (Wildman–Crippen LogP) is -0.847. The maximum Gasteiger partial charge on any atom is 0.375 e. The normalized spacial score (nSPS) is 24.1. The molecule has 0 radical (unpaired) electrons. The highest BCUT2D eigenvalue weighted by molar-refractivity contribution is 7.86. The SMILES string of the molecule is C[C@H](O)[C@H]1C=C(OS(C)(=O)=O)C(=O)O1. The first-order chi connectivity index (χ1) is 6.29. The molecule has 0 saturated carbocycles. The molecule has 1 heterocycles. The van der Waals surface area contributed by atoms with Gasteiger partial charge < -0.3 is 14.0 Å². The van der Waals surface area contributed by atoms with Crippen molar-refractivity contribution in [2.75, 3.05) is 6.26 Å². The molecular weight excluding hydrogens is 212 g/mol. The molecule has 0 saturated heterocycles. The average molecular weight is 222 g/mol. The molecule has 1 rings (SSSR count). The van der Waals surface area contributed by atoms with E-state index in [1.165, 1.54) is 6.92 Å². The average Bonchev–Trinajstić information content (AvgIpc) is 2.29. The fraction of sp³-hybridized carbons (Fsp3) is 0.571. The number of aliphatic hydroxyl groups is 1. The van der Waals surface area contributed by atoms with Crippen molar-refractivity contribution in [3.05, 3.63) is 11.8 Å². The third-order valence-corrected chi connectivity index (χ3v) is 1.96. The molecule has 2 atom stereocenters. The highest BCUT2D eigenvalue weighted by Gasteiger charge is 2.31. The second-order valence-electron chi connectivity index (χ2n) is 2.93. The zero-order valence-corrected chi connectivity index (χ0v) is 8.45. The third-order valence-electron chi connectivity index (χ3n) is 1.48. The summed E-state index contributed by atoms with van der Waals surface area (Å²) in [5.74, 6) is -1.29. The Kier molecular flexibility index (Phi) is 2.81. The van der Waals surface area contributed by atoms with E-state index in [4.69, 9.17) is 5.11 Å². The van der Waals surface area contributed by atoms with Crippen LogP contribution in [0, 0.1) is 0 Å². The van der Waals surface area contributed by atoms with E-state index < -0.39 is 34.1 Å². The monoisotopic (exact) mass is 222 g/mol. The first-order valence-corrected chi connectivity index (χ1v) is 5.61. The van der Waals surface area contributed by atoms with Crippen LogP contribution < -0.4 is 0 Å². The second kappa shape index (κ2) is 3.58. The van der Waals surface area contributed by atoms with E-state index in [9.17, 15) is 13.2 Å². The minimum atomic E-state index is -3.74. The summed E-state index contributed by atoms with van der Waals surface area (Å²) in [6, 6.07) is 0. The van der Waals surface area contributed by atoms with Crippen molar-refractivity contribution in [1.29, 1.82) is 0 Å². The number of rotatable bonds is 3. The standard InChI is InChI=1S/C7H10O6S/c1-4(8)5-3-6(7(9)12-5)13-14(2,10)11/h3-5,8H,1-2H3/t4-,5+/m0/s1. The van der Waals surface area contributed by atoms with Crippen molar-refractivity contribution >= 4 is 16.1 Å². The van der Waals surface area contributed by atoms with Crippen LogP contribution in [0.1, 0.15) is 6.92 Å². The van der Waals surface area contributed by atoms with Gasteiger partial charge in [0.05, 0.1) is 12.4 Å². The van der Waals surface area contributed by atoms with Gasteiger partial charge in [0, 0.05) is 6.08 Å². The fourth-order valence-corrected chi connectivity index (χ4v) is 1.35. The van der Waals surface area contributed by atoms with Crippen LogP contribution in [0.25, 0.3) is 0 Å². The van der Waals surface area contributed by atoms with Gasteiger partial charge >= 0.3 is 16.1 Å². The van der Waals surface area contributed by atoms with Crippen LogP contribution in [0.5, 0.6) is 0 Å². The molecule has 0 amide bonds. The quantitative estimate of drug-likeness (QED) is 0.494. The summed E-state index contributed by atoms with van der Waals surface area (Å²) >= 11 is 0. The zero-order valence-electron chi connectivity index (χ0n) is 7.63. The van der Waals surface area contributed by atoms with Crippen LogP contribution in [0.15, 0.2) is 11.8 Å². The van der Waals surface area contributed by atoms with Crippen molar-refractivity contribution < 1.29 is 27.2 Å². The van der Waals surface area contributed by atoms with Gasteiger partial charge in [-0.1, -0.05) is 0 Å². The first-order valence-electron chi connectivity index (χ1n) is 3.80. The van der Waals surface area contributed by atoms with Gasteiger partial charge in [-0.15, -0.1) is 0 Å². The molecule has 0 aromatic carbocycles. The Labute approximate surface area is 81.3 Å². The molecule has 0 bridgehead atoms. The summed E-state index contributed by atoms with van der Waals surface area (Å²) in [6.45, 7) is 1.41. The highest BCUT2D eigenvalue weighted by atomic mass is 32.2. The summed E-state index contributed by atoms with van der Waals surface area (Å²) in [5.41, 5.74) is 0. The molecule has 0 aliphatic carbocycles. The Morgan fingerprint density at radius 2 is 2.21 bits per heavy atom. The maximum absolute atomic E-state index is 11.0. The highest BCUT2D eigenvalue weighted by Crippen LogP contribution is 2.18.